The lowest BCUT2D eigenvalue weighted by molar-refractivity contribution is -0.120. The minimum Gasteiger partial charge on any atom is -0.457 e. The van der Waals surface area contributed by atoms with Gasteiger partial charge in [-0.2, -0.15) is 0 Å². The number of carbonyl (C=O) groups is 1. The molecule has 4 nitrogen and oxygen atoms in total. The van der Waals surface area contributed by atoms with Crippen LogP contribution >= 0.6 is 0 Å². The maximum atomic E-state index is 11.4. The molecule has 0 spiro atoms. The molecule has 0 aliphatic heterocycles. The zero-order valence-corrected chi connectivity index (χ0v) is 10.6. The number of nitrogens with zero attached hydrogens (tertiary/aromatic N) is 1. The van der Waals surface area contributed by atoms with Gasteiger partial charge in [-0.25, -0.2) is 0 Å². The average Bonchev–Trinajstić information content (AvgIpc) is 2.47. The van der Waals surface area contributed by atoms with Crippen LogP contribution in [0.15, 0.2) is 54.6 Å². The fraction of sp³-hybridized carbons (Fsp3) is 0.133. The summed E-state index contributed by atoms with van der Waals surface area (Å²) < 4.78 is 5.68. The van der Waals surface area contributed by atoms with Gasteiger partial charge in [-0.3, -0.25) is 4.79 Å². The topological polar surface area (TPSA) is 49.8 Å². The highest BCUT2D eigenvalue weighted by Gasteiger charge is 2.10. The number of anilines is 1. The molecule has 0 unspecified atom stereocenters. The number of hydrogen-bond acceptors (Lipinski definition) is 3. The molecule has 0 aromatic heterocycles. The number of aliphatic hydroxyl groups excluding tert-OH is 1. The summed E-state index contributed by atoms with van der Waals surface area (Å²) in [4.78, 5) is 12.8. The number of ether oxygens (including phenoxy) is 1. The van der Waals surface area contributed by atoms with Gasteiger partial charge in [-0.1, -0.05) is 24.3 Å². The van der Waals surface area contributed by atoms with E-state index >= 15 is 0 Å². The Kier molecular flexibility index (Phi) is 4.15. The summed E-state index contributed by atoms with van der Waals surface area (Å²) in [6.45, 7) is -0.514. The van der Waals surface area contributed by atoms with E-state index in [-0.39, 0.29) is 5.91 Å². The van der Waals surface area contributed by atoms with Crippen LogP contribution in [0.3, 0.4) is 0 Å². The Morgan fingerprint density at radius 2 is 1.79 bits per heavy atom. The molecule has 2 aromatic carbocycles. The predicted octanol–water partition coefficient (Wildman–Crippen LogP) is 2.43. The van der Waals surface area contributed by atoms with Gasteiger partial charge in [-0.05, 0) is 24.3 Å². The van der Waals surface area contributed by atoms with Crippen LogP contribution in [0.1, 0.15) is 0 Å². The number of carbonyl (C=O) groups excluding carboxylic acids is 1. The number of rotatable bonds is 4. The van der Waals surface area contributed by atoms with E-state index in [0.717, 1.165) is 5.75 Å². The van der Waals surface area contributed by atoms with Gasteiger partial charge in [-0.15, -0.1) is 0 Å². The second-order valence-corrected chi connectivity index (χ2v) is 4.02. The smallest absolute Gasteiger partial charge is 0.252 e. The fourth-order valence-electron chi connectivity index (χ4n) is 1.63. The molecule has 98 valence electrons. The molecular weight excluding hydrogens is 242 g/mol. The number of hydrogen-bond donors (Lipinski definition) is 1. The lowest BCUT2D eigenvalue weighted by Crippen LogP contribution is -2.28. The van der Waals surface area contributed by atoms with Crippen molar-refractivity contribution >= 4 is 11.6 Å². The maximum Gasteiger partial charge on any atom is 0.252 e. The van der Waals surface area contributed by atoms with Crippen molar-refractivity contribution in [2.24, 2.45) is 0 Å². The van der Waals surface area contributed by atoms with E-state index in [0.29, 0.717) is 11.4 Å². The molecule has 0 heterocycles. The van der Waals surface area contributed by atoms with Crippen LogP contribution in [0.25, 0.3) is 0 Å². The third kappa shape index (κ3) is 3.33. The van der Waals surface area contributed by atoms with Crippen molar-refractivity contribution in [3.8, 4) is 11.5 Å². The van der Waals surface area contributed by atoms with Gasteiger partial charge in [0, 0.05) is 18.8 Å². The molecular formula is C15H15NO3. The fourth-order valence-corrected chi connectivity index (χ4v) is 1.63. The molecule has 0 aliphatic carbocycles. The standard InChI is InChI=1S/C15H15NO3/c1-16(15(18)11-17)12-6-5-9-14(10-12)19-13-7-3-2-4-8-13/h2-10,17H,11H2,1H3. The van der Waals surface area contributed by atoms with Crippen LogP contribution in [0.4, 0.5) is 5.69 Å². The first-order chi connectivity index (χ1) is 9.20. The molecule has 4 heteroatoms. The summed E-state index contributed by atoms with van der Waals surface area (Å²) in [6.07, 6.45) is 0. The highest BCUT2D eigenvalue weighted by atomic mass is 16.5. The van der Waals surface area contributed by atoms with Crippen LogP contribution in [0, 0.1) is 0 Å². The molecule has 0 fully saturated rings. The van der Waals surface area contributed by atoms with Gasteiger partial charge in [0.1, 0.15) is 18.1 Å². The summed E-state index contributed by atoms with van der Waals surface area (Å²) in [5.74, 6) is 1.01. The first-order valence-corrected chi connectivity index (χ1v) is 5.91. The second-order valence-electron chi connectivity index (χ2n) is 4.02. The molecule has 0 saturated carbocycles. The molecule has 0 saturated heterocycles. The third-order valence-corrected chi connectivity index (χ3v) is 2.69. The van der Waals surface area contributed by atoms with Crippen LogP contribution in [0.2, 0.25) is 0 Å². The molecule has 1 amide bonds. The van der Waals surface area contributed by atoms with E-state index in [9.17, 15) is 4.79 Å². The number of likely N-dealkylation sites (N-methyl/N-ethyl adjacent to an activating group) is 1. The van der Waals surface area contributed by atoms with Crippen LogP contribution < -0.4 is 9.64 Å². The lowest BCUT2D eigenvalue weighted by atomic mass is 10.2. The number of benzene rings is 2. The van der Waals surface area contributed by atoms with Crippen molar-refractivity contribution in [1.82, 2.24) is 0 Å². The lowest BCUT2D eigenvalue weighted by Gasteiger charge is -2.17. The Balaban J connectivity index is 2.18. The Morgan fingerprint density at radius 3 is 2.47 bits per heavy atom. The Bertz CT molecular complexity index is 554. The Labute approximate surface area is 111 Å². The van der Waals surface area contributed by atoms with Crippen molar-refractivity contribution in [2.75, 3.05) is 18.6 Å². The van der Waals surface area contributed by atoms with E-state index in [1.807, 2.05) is 36.4 Å². The minimum atomic E-state index is -0.514. The second kappa shape index (κ2) is 6.02. The molecule has 2 rings (SSSR count). The normalized spacial score (nSPS) is 10.0. The molecule has 19 heavy (non-hydrogen) atoms. The number of amides is 1. The van der Waals surface area contributed by atoms with Gasteiger partial charge >= 0.3 is 0 Å². The number of aliphatic hydroxyl groups is 1. The molecule has 1 N–H and O–H groups in total. The number of para-hydroxylation sites is 1. The largest absolute Gasteiger partial charge is 0.457 e. The predicted molar refractivity (Wildman–Crippen MR) is 73.5 cm³/mol. The highest BCUT2D eigenvalue weighted by molar-refractivity contribution is 5.93. The SMILES string of the molecule is CN(C(=O)CO)c1cccc(Oc2ccccc2)c1. The first-order valence-electron chi connectivity index (χ1n) is 5.91. The summed E-state index contributed by atoms with van der Waals surface area (Å²) >= 11 is 0. The van der Waals surface area contributed by atoms with Crippen LogP contribution in [-0.2, 0) is 4.79 Å². The van der Waals surface area contributed by atoms with Crippen molar-refractivity contribution in [1.29, 1.82) is 0 Å². The zero-order chi connectivity index (χ0) is 13.7. The van der Waals surface area contributed by atoms with E-state index in [4.69, 9.17) is 9.84 Å². The van der Waals surface area contributed by atoms with Gasteiger partial charge in [0.05, 0.1) is 0 Å². The van der Waals surface area contributed by atoms with E-state index in [2.05, 4.69) is 0 Å². The summed E-state index contributed by atoms with van der Waals surface area (Å²) in [7, 11) is 1.61. The summed E-state index contributed by atoms with van der Waals surface area (Å²) in [5.41, 5.74) is 0.674. The van der Waals surface area contributed by atoms with Crippen LogP contribution in [-0.4, -0.2) is 24.7 Å². The van der Waals surface area contributed by atoms with Gasteiger partial charge in [0.15, 0.2) is 0 Å². The van der Waals surface area contributed by atoms with Gasteiger partial charge in [0.2, 0.25) is 0 Å². The minimum absolute atomic E-state index is 0.364. The average molecular weight is 257 g/mol. The van der Waals surface area contributed by atoms with Crippen molar-refractivity contribution in [3.05, 3.63) is 54.6 Å². The molecule has 0 aliphatic rings. The first kappa shape index (κ1) is 13.1. The maximum absolute atomic E-state index is 11.4. The summed E-state index contributed by atoms with van der Waals surface area (Å²) in [5, 5.41) is 8.85. The monoisotopic (exact) mass is 257 g/mol. The van der Waals surface area contributed by atoms with Gasteiger partial charge in [0.25, 0.3) is 5.91 Å². The quantitative estimate of drug-likeness (QED) is 0.915. The van der Waals surface area contributed by atoms with Crippen molar-refractivity contribution in [2.45, 2.75) is 0 Å². The highest BCUT2D eigenvalue weighted by Crippen LogP contribution is 2.25. The van der Waals surface area contributed by atoms with E-state index in [1.54, 1.807) is 25.2 Å². The summed E-state index contributed by atoms with van der Waals surface area (Å²) in [6, 6.07) is 16.6. The molecule has 0 bridgehead atoms. The molecule has 0 atom stereocenters. The van der Waals surface area contributed by atoms with Crippen molar-refractivity contribution < 1.29 is 14.6 Å². The van der Waals surface area contributed by atoms with E-state index in [1.165, 1.54) is 4.90 Å². The Morgan fingerprint density at radius 1 is 1.11 bits per heavy atom. The van der Waals surface area contributed by atoms with E-state index < -0.39 is 6.61 Å². The van der Waals surface area contributed by atoms with Crippen LogP contribution in [0.5, 0.6) is 11.5 Å². The molecule has 2 aromatic rings. The van der Waals surface area contributed by atoms with Crippen molar-refractivity contribution in [3.63, 3.8) is 0 Å². The Hall–Kier alpha value is -2.33. The zero-order valence-electron chi connectivity index (χ0n) is 10.6. The third-order valence-electron chi connectivity index (χ3n) is 2.69. The van der Waals surface area contributed by atoms with Gasteiger partial charge < -0.3 is 14.7 Å². The molecule has 0 radical (unpaired) electrons.